The Labute approximate surface area is 195 Å². The molecule has 1 aliphatic rings. The molecule has 1 aromatic carbocycles. The number of amides is 2. The zero-order chi connectivity index (χ0) is 25.2. The summed E-state index contributed by atoms with van der Waals surface area (Å²) >= 11 is 0. The summed E-state index contributed by atoms with van der Waals surface area (Å²) in [5, 5.41) is 21.0. The van der Waals surface area contributed by atoms with Gasteiger partial charge in [-0.1, -0.05) is 6.07 Å². The third-order valence-corrected chi connectivity index (χ3v) is 5.48. The lowest BCUT2D eigenvalue weighted by molar-refractivity contribution is -0.140. The van der Waals surface area contributed by atoms with Crippen LogP contribution in [0.5, 0.6) is 0 Å². The van der Waals surface area contributed by atoms with E-state index in [9.17, 15) is 27.2 Å². The molecule has 0 unspecified atom stereocenters. The quantitative estimate of drug-likeness (QED) is 0.451. The molecule has 1 aliphatic heterocycles. The molecule has 1 atom stereocenters. The van der Waals surface area contributed by atoms with Crippen molar-refractivity contribution in [3.05, 3.63) is 47.2 Å². The summed E-state index contributed by atoms with van der Waals surface area (Å²) in [4.78, 5) is 34.5. The second kappa shape index (κ2) is 9.53. The van der Waals surface area contributed by atoms with E-state index in [0.29, 0.717) is 25.1 Å². The van der Waals surface area contributed by atoms with Crippen LogP contribution in [0, 0.1) is 17.1 Å². The van der Waals surface area contributed by atoms with Crippen molar-refractivity contribution in [2.45, 2.75) is 31.6 Å². The maximum absolute atomic E-state index is 13.5. The summed E-state index contributed by atoms with van der Waals surface area (Å²) < 4.78 is 52.2. The van der Waals surface area contributed by atoms with Crippen LogP contribution < -0.4 is 10.6 Å². The van der Waals surface area contributed by atoms with Gasteiger partial charge in [-0.25, -0.2) is 14.4 Å². The number of alkyl halides is 3. The highest BCUT2D eigenvalue weighted by molar-refractivity contribution is 6.05. The fourth-order valence-electron chi connectivity index (χ4n) is 3.76. The van der Waals surface area contributed by atoms with Gasteiger partial charge in [-0.2, -0.15) is 23.5 Å². The zero-order valence-electron chi connectivity index (χ0n) is 18.0. The van der Waals surface area contributed by atoms with E-state index < -0.39 is 29.5 Å². The summed E-state index contributed by atoms with van der Waals surface area (Å²) in [7, 11) is 0. The smallest absolute Gasteiger partial charge is 0.358 e. The number of fused-ring (bicyclic) bond motifs is 1. The third kappa shape index (κ3) is 4.98. The number of carbonyl (C=O) groups excluding carboxylic acids is 2. The van der Waals surface area contributed by atoms with E-state index in [1.807, 2.05) is 0 Å². The van der Waals surface area contributed by atoms with Crippen LogP contribution in [-0.4, -0.2) is 56.0 Å². The molecule has 3 aromatic rings. The van der Waals surface area contributed by atoms with E-state index in [2.05, 4.69) is 36.9 Å². The Bertz CT molecular complexity index is 1320. The number of likely N-dealkylation sites (tertiary alicyclic amines) is 1. The summed E-state index contributed by atoms with van der Waals surface area (Å²) in [6, 6.07) is 4.06. The van der Waals surface area contributed by atoms with Crippen molar-refractivity contribution < 1.29 is 27.2 Å². The summed E-state index contributed by atoms with van der Waals surface area (Å²) in [6.07, 6.45) is -2.40. The van der Waals surface area contributed by atoms with E-state index in [1.54, 1.807) is 0 Å². The standard InChI is InChI=1S/C21H18F4N8O2/c22-14-4-3-11(6-13(14)21(23,24)25)8-28-20(35)18-16-17(29-10-30-18)19(32-31-16)27-9-15(34)33-5-1-2-12(33)7-26/h3-4,6,10,12H,1-2,5,8-9H2,(H,28,35)(H2,27,31,32)/t12-/m0/s1. The number of anilines is 1. The van der Waals surface area contributed by atoms with Crippen LogP contribution in [0.4, 0.5) is 23.4 Å². The average Bonchev–Trinajstić information content (AvgIpc) is 3.48. The van der Waals surface area contributed by atoms with Crippen molar-refractivity contribution in [1.29, 1.82) is 5.26 Å². The number of aromatic amines is 1. The molecule has 0 aliphatic carbocycles. The summed E-state index contributed by atoms with van der Waals surface area (Å²) in [5.41, 5.74) is -1.14. The number of halogens is 4. The minimum absolute atomic E-state index is 0.0421. The fourth-order valence-corrected chi connectivity index (χ4v) is 3.76. The molecule has 1 saturated heterocycles. The zero-order valence-corrected chi connectivity index (χ0v) is 18.0. The Balaban J connectivity index is 1.45. The Kier molecular flexibility index (Phi) is 6.50. The number of H-pyrrole nitrogens is 1. The fraction of sp³-hybridized carbons (Fsp3) is 0.333. The molecule has 0 radical (unpaired) electrons. The van der Waals surface area contributed by atoms with Gasteiger partial charge in [0.05, 0.1) is 18.2 Å². The van der Waals surface area contributed by atoms with Gasteiger partial charge < -0.3 is 15.5 Å². The monoisotopic (exact) mass is 490 g/mol. The van der Waals surface area contributed by atoms with Gasteiger partial charge in [-0.15, -0.1) is 0 Å². The molecule has 2 amide bonds. The molecular weight excluding hydrogens is 472 g/mol. The molecule has 2 aromatic heterocycles. The number of nitrogens with one attached hydrogen (secondary N) is 3. The minimum Gasteiger partial charge on any atom is -0.358 e. The summed E-state index contributed by atoms with van der Waals surface area (Å²) in [5.74, 6) is -2.23. The average molecular weight is 490 g/mol. The van der Waals surface area contributed by atoms with Crippen molar-refractivity contribution in [3.63, 3.8) is 0 Å². The number of benzene rings is 1. The second-order valence-corrected chi connectivity index (χ2v) is 7.74. The SMILES string of the molecule is N#C[C@@H]1CCCN1C(=O)CNc1n[nH]c2c(C(=O)NCc3ccc(F)c(C(F)(F)F)c3)ncnc12. The van der Waals surface area contributed by atoms with Crippen LogP contribution in [0.15, 0.2) is 24.5 Å². The Hall–Kier alpha value is -4.28. The summed E-state index contributed by atoms with van der Waals surface area (Å²) in [6.45, 7) is 0.0398. The number of carbonyl (C=O) groups is 2. The van der Waals surface area contributed by atoms with Crippen molar-refractivity contribution in [2.75, 3.05) is 18.4 Å². The van der Waals surface area contributed by atoms with Crippen LogP contribution in [0.25, 0.3) is 11.0 Å². The van der Waals surface area contributed by atoms with Crippen LogP contribution in [0.2, 0.25) is 0 Å². The van der Waals surface area contributed by atoms with Gasteiger partial charge in [-0.05, 0) is 30.5 Å². The van der Waals surface area contributed by atoms with E-state index in [1.165, 1.54) is 4.90 Å². The van der Waals surface area contributed by atoms with E-state index in [-0.39, 0.29) is 47.1 Å². The van der Waals surface area contributed by atoms with Crippen LogP contribution >= 0.6 is 0 Å². The maximum atomic E-state index is 13.5. The normalized spacial score (nSPS) is 15.7. The highest BCUT2D eigenvalue weighted by atomic mass is 19.4. The predicted molar refractivity (Wildman–Crippen MR) is 113 cm³/mol. The van der Waals surface area contributed by atoms with Crippen LogP contribution in [0.3, 0.4) is 0 Å². The Morgan fingerprint density at radius 2 is 2.09 bits per heavy atom. The van der Waals surface area contributed by atoms with Crippen molar-refractivity contribution in [2.24, 2.45) is 0 Å². The van der Waals surface area contributed by atoms with Crippen LogP contribution in [0.1, 0.15) is 34.5 Å². The maximum Gasteiger partial charge on any atom is 0.419 e. The highest BCUT2D eigenvalue weighted by Crippen LogP contribution is 2.32. The van der Waals surface area contributed by atoms with Gasteiger partial charge in [0.25, 0.3) is 5.91 Å². The first-order valence-electron chi connectivity index (χ1n) is 10.4. The van der Waals surface area contributed by atoms with Gasteiger partial charge >= 0.3 is 6.18 Å². The first kappa shape index (κ1) is 23.9. The molecule has 182 valence electrons. The Morgan fingerprint density at radius 1 is 1.29 bits per heavy atom. The number of nitriles is 1. The number of hydrogen-bond donors (Lipinski definition) is 3. The van der Waals surface area contributed by atoms with Gasteiger partial charge in [0, 0.05) is 13.1 Å². The van der Waals surface area contributed by atoms with E-state index in [0.717, 1.165) is 18.8 Å². The van der Waals surface area contributed by atoms with Gasteiger partial charge in [0.2, 0.25) is 5.91 Å². The molecule has 14 heteroatoms. The minimum atomic E-state index is -4.87. The van der Waals surface area contributed by atoms with Gasteiger partial charge in [0.1, 0.15) is 29.2 Å². The van der Waals surface area contributed by atoms with E-state index >= 15 is 0 Å². The van der Waals surface area contributed by atoms with Gasteiger partial charge in [0.15, 0.2) is 11.5 Å². The second-order valence-electron chi connectivity index (χ2n) is 7.74. The highest BCUT2D eigenvalue weighted by Gasteiger charge is 2.34. The van der Waals surface area contributed by atoms with E-state index in [4.69, 9.17) is 5.26 Å². The predicted octanol–water partition coefficient (Wildman–Crippen LogP) is 2.37. The molecule has 10 nitrogen and oxygen atoms in total. The number of aromatic nitrogens is 4. The molecular formula is C21H18F4N8O2. The topological polar surface area (TPSA) is 140 Å². The molecule has 1 fully saturated rings. The van der Waals surface area contributed by atoms with Gasteiger partial charge in [-0.3, -0.25) is 14.7 Å². The lowest BCUT2D eigenvalue weighted by atomic mass is 10.1. The van der Waals surface area contributed by atoms with Crippen molar-refractivity contribution in [1.82, 2.24) is 30.4 Å². The number of hydrogen-bond acceptors (Lipinski definition) is 7. The molecule has 3 N–H and O–H groups in total. The van der Waals surface area contributed by atoms with Crippen LogP contribution in [-0.2, 0) is 17.5 Å². The molecule has 0 saturated carbocycles. The van der Waals surface area contributed by atoms with Crippen molar-refractivity contribution >= 4 is 28.7 Å². The molecule has 0 bridgehead atoms. The molecule has 35 heavy (non-hydrogen) atoms. The lowest BCUT2D eigenvalue weighted by Gasteiger charge is -2.19. The largest absolute Gasteiger partial charge is 0.419 e. The lowest BCUT2D eigenvalue weighted by Crippen LogP contribution is -2.38. The molecule has 3 heterocycles. The first-order valence-corrected chi connectivity index (χ1v) is 10.4. The first-order chi connectivity index (χ1) is 16.7. The third-order valence-electron chi connectivity index (χ3n) is 5.48. The number of nitrogens with zero attached hydrogens (tertiary/aromatic N) is 5. The Morgan fingerprint density at radius 3 is 2.83 bits per heavy atom. The molecule has 0 spiro atoms. The molecule has 4 rings (SSSR count). The van der Waals surface area contributed by atoms with Crippen molar-refractivity contribution in [3.8, 4) is 6.07 Å². The number of rotatable bonds is 6.